The summed E-state index contributed by atoms with van der Waals surface area (Å²) in [5.74, 6) is -2.21. The summed E-state index contributed by atoms with van der Waals surface area (Å²) in [7, 11) is -9.96. The molecule has 19 heteroatoms. The Balaban J connectivity index is 5.35. The van der Waals surface area contributed by atoms with Gasteiger partial charge in [-0.15, -0.1) is 0 Å². The van der Waals surface area contributed by atoms with Crippen LogP contribution in [0.4, 0.5) is 0 Å². The van der Waals surface area contributed by atoms with E-state index in [1.807, 2.05) is 0 Å². The largest absolute Gasteiger partial charge is 0.472 e. The van der Waals surface area contributed by atoms with Crippen LogP contribution in [0.15, 0.2) is 97.2 Å². The molecule has 5 unspecified atom stereocenters. The number of hydrogen-bond donors (Lipinski definition) is 3. The Morgan fingerprint density at radius 1 is 0.284 bits per heavy atom. The summed E-state index contributed by atoms with van der Waals surface area (Å²) in [5, 5.41) is 10.6. The van der Waals surface area contributed by atoms with Crippen molar-refractivity contribution >= 4 is 39.5 Å². The summed E-state index contributed by atoms with van der Waals surface area (Å²) in [6.07, 6.45) is 79.5. The lowest BCUT2D eigenvalue weighted by Crippen LogP contribution is -2.30. The third-order valence-electron chi connectivity index (χ3n) is 17.0. The van der Waals surface area contributed by atoms with Gasteiger partial charge in [0.05, 0.1) is 26.4 Å². The van der Waals surface area contributed by atoms with Crippen molar-refractivity contribution in [1.82, 2.24) is 0 Å². The minimum absolute atomic E-state index is 0.0749. The molecule has 0 aliphatic heterocycles. The van der Waals surface area contributed by atoms with Crippen molar-refractivity contribution in [2.24, 2.45) is 0 Å². The molecule has 0 amide bonds. The van der Waals surface area contributed by atoms with E-state index in [9.17, 15) is 43.2 Å². The summed E-state index contributed by atoms with van der Waals surface area (Å²) in [5.41, 5.74) is 0. The number of aliphatic hydroxyl groups is 1. The van der Waals surface area contributed by atoms with Gasteiger partial charge in [-0.25, -0.2) is 9.13 Å². The normalized spacial score (nSPS) is 14.4. The second kappa shape index (κ2) is 75.2. The van der Waals surface area contributed by atoms with E-state index in [0.29, 0.717) is 25.7 Å². The molecule has 590 valence electrons. The van der Waals surface area contributed by atoms with Crippen molar-refractivity contribution in [3.8, 4) is 0 Å². The van der Waals surface area contributed by atoms with Gasteiger partial charge < -0.3 is 33.8 Å². The topological polar surface area (TPSA) is 237 Å². The maximum atomic E-state index is 13.1. The number of hydrogen-bond acceptors (Lipinski definition) is 15. The summed E-state index contributed by atoms with van der Waals surface area (Å²) >= 11 is 0. The van der Waals surface area contributed by atoms with Crippen molar-refractivity contribution < 1.29 is 80.2 Å². The van der Waals surface area contributed by atoms with Gasteiger partial charge in [0.2, 0.25) is 0 Å². The van der Waals surface area contributed by atoms with Crippen molar-refractivity contribution in [3.05, 3.63) is 97.2 Å². The molecule has 0 aliphatic rings. The molecule has 102 heavy (non-hydrogen) atoms. The zero-order chi connectivity index (χ0) is 74.6. The predicted molar refractivity (Wildman–Crippen MR) is 418 cm³/mol. The molecule has 0 rings (SSSR count). The number of carbonyl (C=O) groups excluding carboxylic acids is 4. The fourth-order valence-electron chi connectivity index (χ4n) is 10.8. The lowest BCUT2D eigenvalue weighted by Gasteiger charge is -2.21. The van der Waals surface area contributed by atoms with Crippen LogP contribution in [0.5, 0.6) is 0 Å². The van der Waals surface area contributed by atoms with E-state index in [4.69, 9.17) is 37.0 Å². The number of carbonyl (C=O) groups is 4. The lowest BCUT2D eigenvalue weighted by atomic mass is 10.1. The van der Waals surface area contributed by atoms with Crippen LogP contribution < -0.4 is 0 Å². The molecule has 0 aromatic carbocycles. The first-order chi connectivity index (χ1) is 49.7. The number of allylic oxidation sites excluding steroid dienone is 16. The second-order valence-corrected chi connectivity index (χ2v) is 29.9. The van der Waals surface area contributed by atoms with E-state index in [1.54, 1.807) is 0 Å². The van der Waals surface area contributed by atoms with E-state index in [-0.39, 0.29) is 25.7 Å². The van der Waals surface area contributed by atoms with Crippen LogP contribution in [0.3, 0.4) is 0 Å². The molecule has 0 spiro atoms. The first-order valence-corrected chi connectivity index (χ1v) is 43.5. The maximum Gasteiger partial charge on any atom is 0.472 e. The third-order valence-corrected chi connectivity index (χ3v) is 18.9. The molecule has 0 heterocycles. The maximum absolute atomic E-state index is 13.1. The molecule has 0 bridgehead atoms. The van der Waals surface area contributed by atoms with E-state index < -0.39 is 97.5 Å². The molecular formula is C83H146O17P2. The van der Waals surface area contributed by atoms with Gasteiger partial charge in [0.25, 0.3) is 0 Å². The molecule has 0 aliphatic carbocycles. The minimum Gasteiger partial charge on any atom is -0.462 e. The van der Waals surface area contributed by atoms with Gasteiger partial charge in [0.1, 0.15) is 19.3 Å². The van der Waals surface area contributed by atoms with Crippen LogP contribution in [-0.2, 0) is 65.4 Å². The zero-order valence-electron chi connectivity index (χ0n) is 64.5. The van der Waals surface area contributed by atoms with Gasteiger partial charge >= 0.3 is 39.5 Å². The van der Waals surface area contributed by atoms with E-state index in [2.05, 4.69) is 125 Å². The molecule has 0 aromatic rings. The number of aliphatic hydroxyl groups excluding tert-OH is 1. The number of rotatable bonds is 76. The van der Waals surface area contributed by atoms with E-state index in [0.717, 1.165) is 193 Å². The first-order valence-electron chi connectivity index (χ1n) is 40.5. The third kappa shape index (κ3) is 74.3. The Labute approximate surface area is 620 Å². The summed E-state index contributed by atoms with van der Waals surface area (Å²) < 4.78 is 68.6. The van der Waals surface area contributed by atoms with Gasteiger partial charge in [-0.1, -0.05) is 279 Å². The number of esters is 4. The number of ether oxygens (including phenoxy) is 4. The molecule has 5 atom stereocenters. The Kier molecular flexibility index (Phi) is 72.3. The Hall–Kier alpha value is -4.02. The predicted octanol–water partition coefficient (Wildman–Crippen LogP) is 23.6. The van der Waals surface area contributed by atoms with Crippen LogP contribution in [0.1, 0.15) is 349 Å². The molecule has 0 aromatic heterocycles. The van der Waals surface area contributed by atoms with Crippen LogP contribution >= 0.6 is 15.6 Å². The van der Waals surface area contributed by atoms with Crippen molar-refractivity contribution in [2.45, 2.75) is 367 Å². The monoisotopic (exact) mass is 1480 g/mol. The van der Waals surface area contributed by atoms with Crippen LogP contribution in [0.25, 0.3) is 0 Å². The highest BCUT2D eigenvalue weighted by Crippen LogP contribution is 2.45. The van der Waals surface area contributed by atoms with Gasteiger partial charge in [-0.05, 0) is 141 Å². The van der Waals surface area contributed by atoms with Gasteiger partial charge in [0, 0.05) is 25.7 Å². The Bertz CT molecular complexity index is 2310. The highest BCUT2D eigenvalue weighted by Gasteiger charge is 2.30. The molecule has 3 N–H and O–H groups in total. The zero-order valence-corrected chi connectivity index (χ0v) is 66.3. The number of phosphoric acid groups is 2. The lowest BCUT2D eigenvalue weighted by molar-refractivity contribution is -0.161. The van der Waals surface area contributed by atoms with E-state index >= 15 is 0 Å². The standard InChI is InChI=1S/C83H146O17P2/c1-5-9-13-17-21-25-29-33-36-37-38-39-42-45-48-52-56-60-64-68-81(86)94-73-78(99-82(87)69-65-61-57-53-49-43-32-28-24-20-16-12-8-4)75-97-101(89,90)95-71-77(84)72-96-102(91,92)98-76-79(100-83(88)70-66-62-58-54-50-46-41-35-31-27-23-19-15-11-7-3)74-93-80(85)67-63-59-55-51-47-44-40-34-30-26-22-18-14-10-6-2/h9,13,16,20-21,25,28,32-36,38-41,77-79,84H,5-8,10-12,14-15,17-19,22-24,26-27,29-31,37,42-76H2,1-4H3,(H,89,90)(H,91,92)/b13-9-,20-16-,25-21-,32-28-,36-33-,39-38-,40-34-,41-35-. The minimum atomic E-state index is -4.98. The van der Waals surface area contributed by atoms with Gasteiger partial charge in [0.15, 0.2) is 12.2 Å². The van der Waals surface area contributed by atoms with Gasteiger partial charge in [-0.3, -0.25) is 37.3 Å². The SMILES string of the molecule is CC/C=C\C/C=C\C/C=C\C/C=C\CCCCCCCCC(=O)OCC(COP(=O)(O)OCC(O)COP(=O)(O)OCC(COC(=O)CCCCCCC/C=C\CCCCCCCC)OC(=O)CCCCCCC/C=C\CCCCCCCC)OC(=O)CCCCCCC/C=C\C/C=C\CCC. The molecule has 0 radical (unpaired) electrons. The molecule has 0 saturated heterocycles. The fourth-order valence-corrected chi connectivity index (χ4v) is 12.4. The quantitative estimate of drug-likeness (QED) is 0.0169. The number of phosphoric ester groups is 2. The van der Waals surface area contributed by atoms with E-state index in [1.165, 1.54) is 77.0 Å². The Morgan fingerprint density at radius 2 is 0.529 bits per heavy atom. The van der Waals surface area contributed by atoms with Crippen molar-refractivity contribution in [3.63, 3.8) is 0 Å². The van der Waals surface area contributed by atoms with Crippen LogP contribution in [0.2, 0.25) is 0 Å². The molecule has 17 nitrogen and oxygen atoms in total. The molecule has 0 saturated carbocycles. The van der Waals surface area contributed by atoms with Crippen LogP contribution in [0, 0.1) is 0 Å². The average molecular weight is 1480 g/mol. The van der Waals surface area contributed by atoms with Crippen molar-refractivity contribution in [2.75, 3.05) is 39.6 Å². The highest BCUT2D eigenvalue weighted by atomic mass is 31.2. The smallest absolute Gasteiger partial charge is 0.462 e. The summed E-state index contributed by atoms with van der Waals surface area (Å²) in [6, 6.07) is 0. The average Bonchev–Trinajstić information content (AvgIpc) is 0.908. The second-order valence-electron chi connectivity index (χ2n) is 27.0. The van der Waals surface area contributed by atoms with Crippen LogP contribution in [-0.4, -0.2) is 96.7 Å². The van der Waals surface area contributed by atoms with Crippen molar-refractivity contribution in [1.29, 1.82) is 0 Å². The molecular weight excluding hydrogens is 1330 g/mol. The summed E-state index contributed by atoms with van der Waals surface area (Å²) in [4.78, 5) is 73.0. The first kappa shape index (κ1) is 98.0. The highest BCUT2D eigenvalue weighted by molar-refractivity contribution is 7.47. The summed E-state index contributed by atoms with van der Waals surface area (Å²) in [6.45, 7) is 4.68. The fraction of sp³-hybridized carbons (Fsp3) is 0.759. The number of unbranched alkanes of at least 4 members (excludes halogenated alkanes) is 34. The molecule has 0 fully saturated rings. The van der Waals surface area contributed by atoms with Gasteiger partial charge in [-0.2, -0.15) is 0 Å². The Morgan fingerprint density at radius 3 is 0.833 bits per heavy atom.